The predicted molar refractivity (Wildman–Crippen MR) is 107 cm³/mol. The Kier molecular flexibility index (Phi) is 7.01. The van der Waals surface area contributed by atoms with Crippen LogP contribution in [-0.4, -0.2) is 24.2 Å². The third kappa shape index (κ3) is 6.79. The van der Waals surface area contributed by atoms with Gasteiger partial charge in [-0.15, -0.1) is 0 Å². The van der Waals surface area contributed by atoms with Crippen LogP contribution in [0.3, 0.4) is 0 Å². The second-order valence-corrected chi connectivity index (χ2v) is 6.96. The first-order valence-electron chi connectivity index (χ1n) is 9.11. The van der Waals surface area contributed by atoms with E-state index >= 15 is 0 Å². The molecule has 1 unspecified atom stereocenters. The normalized spacial score (nSPS) is 11.9. The molecule has 3 nitrogen and oxygen atoms in total. The molecule has 4 heteroatoms. The number of halogens is 1. The van der Waals surface area contributed by atoms with Gasteiger partial charge in [-0.25, -0.2) is 4.39 Å². The highest BCUT2D eigenvalue weighted by atomic mass is 19.1. The summed E-state index contributed by atoms with van der Waals surface area (Å²) in [5, 5.41) is 2.69. The number of ether oxygens (including phenoxy) is 1. The Hall–Kier alpha value is -2.80. The summed E-state index contributed by atoms with van der Waals surface area (Å²) in [6, 6.07) is 15.4. The lowest BCUT2D eigenvalue weighted by molar-refractivity contribution is -0.131. The molecule has 0 bridgehead atoms. The van der Waals surface area contributed by atoms with Crippen LogP contribution in [0.5, 0.6) is 5.75 Å². The lowest BCUT2D eigenvalue weighted by Gasteiger charge is -2.19. The third-order valence-electron chi connectivity index (χ3n) is 3.93. The molecule has 0 aliphatic heterocycles. The van der Waals surface area contributed by atoms with Gasteiger partial charge in [0.1, 0.15) is 5.75 Å². The molecule has 0 aliphatic carbocycles. The Balaban J connectivity index is 1.94. The van der Waals surface area contributed by atoms with Crippen LogP contribution in [0.2, 0.25) is 0 Å². The second-order valence-electron chi connectivity index (χ2n) is 6.96. The van der Waals surface area contributed by atoms with E-state index in [2.05, 4.69) is 17.2 Å². The number of hydrogen-bond donors (Lipinski definition) is 1. The minimum Gasteiger partial charge on any atom is -0.494 e. The number of carbonyl (C=O) groups is 1. The van der Waals surface area contributed by atoms with Crippen molar-refractivity contribution in [3.63, 3.8) is 0 Å². The summed E-state index contributed by atoms with van der Waals surface area (Å²) in [4.78, 5) is 11.7. The molecular weight excluding hydrogens is 341 g/mol. The maximum absolute atomic E-state index is 13.6. The van der Waals surface area contributed by atoms with Crippen molar-refractivity contribution in [3.8, 4) is 17.6 Å². The zero-order chi connectivity index (χ0) is 19.9. The van der Waals surface area contributed by atoms with Gasteiger partial charge in [-0.2, -0.15) is 0 Å². The zero-order valence-corrected chi connectivity index (χ0v) is 16.3. The van der Waals surface area contributed by atoms with Gasteiger partial charge >= 0.3 is 0 Å². The average molecular weight is 367 g/mol. The van der Waals surface area contributed by atoms with Gasteiger partial charge in [0.15, 0.2) is 5.67 Å². The minimum atomic E-state index is -1.87. The Bertz CT molecular complexity index is 809. The van der Waals surface area contributed by atoms with Gasteiger partial charge in [0.05, 0.1) is 6.61 Å². The molecule has 0 aliphatic rings. The zero-order valence-electron chi connectivity index (χ0n) is 16.3. The summed E-state index contributed by atoms with van der Waals surface area (Å²) in [5.41, 5.74) is 1.03. The molecule has 2 aromatic carbocycles. The quantitative estimate of drug-likeness (QED) is 0.774. The summed E-state index contributed by atoms with van der Waals surface area (Å²) in [6.07, 6.45) is 0.633. The molecule has 1 N–H and O–H groups in total. The lowest BCUT2D eigenvalue weighted by atomic mass is 10.0. The van der Waals surface area contributed by atoms with Crippen molar-refractivity contribution in [3.05, 3.63) is 65.2 Å². The summed E-state index contributed by atoms with van der Waals surface area (Å²) in [5.74, 6) is 6.51. The number of alkyl halides is 1. The molecule has 0 saturated heterocycles. The number of hydrogen-bond acceptors (Lipinski definition) is 2. The highest BCUT2D eigenvalue weighted by molar-refractivity contribution is 5.84. The van der Waals surface area contributed by atoms with Crippen LogP contribution in [0.1, 0.15) is 44.4 Å². The standard InChI is InChI=1S/C23H26FNO2/c1-5-27-21-14-12-19(13-15-21)7-6-18-8-10-20(11-9-18)16-17(2)25-22(26)23(3,4)24/h8-15,17H,5,16H2,1-4H3,(H,25,26). The highest BCUT2D eigenvalue weighted by Crippen LogP contribution is 2.12. The summed E-state index contributed by atoms with van der Waals surface area (Å²) >= 11 is 0. The van der Waals surface area contributed by atoms with Crippen molar-refractivity contribution in [2.45, 2.75) is 45.8 Å². The van der Waals surface area contributed by atoms with Crippen molar-refractivity contribution < 1.29 is 13.9 Å². The minimum absolute atomic E-state index is 0.145. The molecule has 0 spiro atoms. The number of rotatable bonds is 6. The molecule has 0 heterocycles. The van der Waals surface area contributed by atoms with E-state index in [1.54, 1.807) is 0 Å². The van der Waals surface area contributed by atoms with Crippen molar-refractivity contribution in [2.75, 3.05) is 6.61 Å². The van der Waals surface area contributed by atoms with E-state index in [-0.39, 0.29) is 6.04 Å². The first kappa shape index (κ1) is 20.5. The lowest BCUT2D eigenvalue weighted by Crippen LogP contribution is -2.44. The first-order valence-corrected chi connectivity index (χ1v) is 9.11. The van der Waals surface area contributed by atoms with Crippen molar-refractivity contribution in [2.24, 2.45) is 0 Å². The Morgan fingerprint density at radius 1 is 1.07 bits per heavy atom. The molecule has 0 aromatic heterocycles. The third-order valence-corrected chi connectivity index (χ3v) is 3.93. The van der Waals surface area contributed by atoms with Crippen LogP contribution in [0.15, 0.2) is 48.5 Å². The second kappa shape index (κ2) is 9.23. The van der Waals surface area contributed by atoms with E-state index in [1.807, 2.05) is 62.4 Å². The molecule has 1 atom stereocenters. The van der Waals surface area contributed by atoms with Crippen LogP contribution in [-0.2, 0) is 11.2 Å². The van der Waals surface area contributed by atoms with Gasteiger partial charge in [-0.3, -0.25) is 4.79 Å². The highest BCUT2D eigenvalue weighted by Gasteiger charge is 2.27. The fraction of sp³-hybridized carbons (Fsp3) is 0.348. The van der Waals surface area contributed by atoms with Gasteiger partial charge in [0.2, 0.25) is 0 Å². The Morgan fingerprint density at radius 2 is 1.59 bits per heavy atom. The van der Waals surface area contributed by atoms with Gasteiger partial charge in [-0.05, 0) is 76.1 Å². The number of benzene rings is 2. The number of nitrogens with one attached hydrogen (secondary N) is 1. The van der Waals surface area contributed by atoms with E-state index in [0.29, 0.717) is 13.0 Å². The maximum atomic E-state index is 13.6. The van der Waals surface area contributed by atoms with Gasteiger partial charge in [0, 0.05) is 17.2 Å². The summed E-state index contributed by atoms with van der Waals surface area (Å²) in [6.45, 7) is 6.97. The molecular formula is C23H26FNO2. The van der Waals surface area contributed by atoms with E-state index in [0.717, 1.165) is 22.4 Å². The van der Waals surface area contributed by atoms with Crippen molar-refractivity contribution in [1.29, 1.82) is 0 Å². The Morgan fingerprint density at radius 3 is 2.07 bits per heavy atom. The van der Waals surface area contributed by atoms with Crippen LogP contribution < -0.4 is 10.1 Å². The van der Waals surface area contributed by atoms with Gasteiger partial charge < -0.3 is 10.1 Å². The molecule has 1 amide bonds. The molecule has 0 fully saturated rings. The summed E-state index contributed by atoms with van der Waals surface area (Å²) in [7, 11) is 0. The van der Waals surface area contributed by atoms with Crippen LogP contribution in [0.25, 0.3) is 0 Å². The molecule has 2 aromatic rings. The fourth-order valence-corrected chi connectivity index (χ4v) is 2.47. The van der Waals surface area contributed by atoms with Crippen LogP contribution in [0.4, 0.5) is 4.39 Å². The van der Waals surface area contributed by atoms with Gasteiger partial charge in [0.25, 0.3) is 5.91 Å². The first-order chi connectivity index (χ1) is 12.8. The monoisotopic (exact) mass is 367 g/mol. The SMILES string of the molecule is CCOc1ccc(C#Cc2ccc(CC(C)NC(=O)C(C)(C)F)cc2)cc1. The molecule has 27 heavy (non-hydrogen) atoms. The number of amides is 1. The fourth-order valence-electron chi connectivity index (χ4n) is 2.47. The van der Waals surface area contributed by atoms with Crippen molar-refractivity contribution in [1.82, 2.24) is 5.32 Å². The predicted octanol–water partition coefficient (Wildman–Crippen LogP) is 4.28. The van der Waals surface area contributed by atoms with E-state index in [9.17, 15) is 9.18 Å². The largest absolute Gasteiger partial charge is 0.494 e. The molecule has 0 saturated carbocycles. The van der Waals surface area contributed by atoms with Gasteiger partial charge in [-0.1, -0.05) is 24.0 Å². The summed E-state index contributed by atoms with van der Waals surface area (Å²) < 4.78 is 19.0. The van der Waals surface area contributed by atoms with Crippen LogP contribution in [0, 0.1) is 11.8 Å². The molecule has 0 radical (unpaired) electrons. The molecule has 142 valence electrons. The average Bonchev–Trinajstić information content (AvgIpc) is 2.62. The van der Waals surface area contributed by atoms with E-state index < -0.39 is 11.6 Å². The smallest absolute Gasteiger partial charge is 0.257 e. The number of carbonyl (C=O) groups excluding carboxylic acids is 1. The molecule has 2 rings (SSSR count). The maximum Gasteiger partial charge on any atom is 0.257 e. The Labute approximate surface area is 160 Å². The van der Waals surface area contributed by atoms with E-state index in [1.165, 1.54) is 13.8 Å². The van der Waals surface area contributed by atoms with Crippen LogP contribution >= 0.6 is 0 Å². The topological polar surface area (TPSA) is 38.3 Å². The van der Waals surface area contributed by atoms with Crippen molar-refractivity contribution >= 4 is 5.91 Å². The van der Waals surface area contributed by atoms with E-state index in [4.69, 9.17) is 4.74 Å².